The molecule has 1 aliphatic carbocycles. The molecule has 2 N–H and O–H groups in total. The number of amides is 1. The van der Waals surface area contributed by atoms with Gasteiger partial charge in [0.25, 0.3) is 0 Å². The maximum Gasteiger partial charge on any atom is 0.328 e. The summed E-state index contributed by atoms with van der Waals surface area (Å²) in [6.45, 7) is 7.11. The van der Waals surface area contributed by atoms with Gasteiger partial charge in [-0.2, -0.15) is 0 Å². The van der Waals surface area contributed by atoms with Crippen molar-refractivity contribution >= 4 is 11.9 Å². The van der Waals surface area contributed by atoms with Crippen molar-refractivity contribution in [3.05, 3.63) is 0 Å². The fourth-order valence-electron chi connectivity index (χ4n) is 1.66. The van der Waals surface area contributed by atoms with E-state index in [0.717, 1.165) is 12.8 Å². The largest absolute Gasteiger partial charge is 0.480 e. The smallest absolute Gasteiger partial charge is 0.328 e. The van der Waals surface area contributed by atoms with Crippen molar-refractivity contribution in [1.82, 2.24) is 5.32 Å². The van der Waals surface area contributed by atoms with Gasteiger partial charge in [-0.25, -0.2) is 4.79 Å². The monoisotopic (exact) mass is 213 g/mol. The SMILES string of the molecule is CCC1(C)CC1C(=O)NC(C)(C)C(=O)O. The average molecular weight is 213 g/mol. The van der Waals surface area contributed by atoms with Gasteiger partial charge in [0.1, 0.15) is 5.54 Å². The van der Waals surface area contributed by atoms with E-state index in [2.05, 4.69) is 19.2 Å². The van der Waals surface area contributed by atoms with Gasteiger partial charge in [-0.1, -0.05) is 13.8 Å². The van der Waals surface area contributed by atoms with E-state index in [1.807, 2.05) is 0 Å². The van der Waals surface area contributed by atoms with Crippen LogP contribution in [-0.2, 0) is 9.59 Å². The first-order valence-electron chi connectivity index (χ1n) is 5.28. The lowest BCUT2D eigenvalue weighted by Gasteiger charge is -2.21. The van der Waals surface area contributed by atoms with E-state index < -0.39 is 11.5 Å². The molecule has 1 aliphatic rings. The molecule has 1 amide bonds. The first-order chi connectivity index (χ1) is 6.73. The van der Waals surface area contributed by atoms with Crippen LogP contribution in [0.1, 0.15) is 40.5 Å². The first-order valence-corrected chi connectivity index (χ1v) is 5.28. The molecule has 2 unspecified atom stereocenters. The summed E-state index contributed by atoms with van der Waals surface area (Å²) in [5, 5.41) is 11.4. The molecule has 1 rings (SSSR count). The van der Waals surface area contributed by atoms with Crippen molar-refractivity contribution < 1.29 is 14.7 Å². The zero-order valence-corrected chi connectivity index (χ0v) is 9.76. The van der Waals surface area contributed by atoms with Crippen LogP contribution < -0.4 is 5.32 Å². The molecule has 0 aromatic carbocycles. The maximum absolute atomic E-state index is 11.7. The van der Waals surface area contributed by atoms with E-state index in [4.69, 9.17) is 5.11 Å². The Bertz CT molecular complexity index is 298. The van der Waals surface area contributed by atoms with E-state index in [1.165, 1.54) is 13.8 Å². The van der Waals surface area contributed by atoms with Crippen LogP contribution in [0.25, 0.3) is 0 Å². The van der Waals surface area contributed by atoms with Crippen LogP contribution in [0, 0.1) is 11.3 Å². The average Bonchev–Trinajstić information content (AvgIpc) is 2.78. The molecule has 4 nitrogen and oxygen atoms in total. The molecule has 0 heterocycles. The Hall–Kier alpha value is -1.06. The maximum atomic E-state index is 11.7. The van der Waals surface area contributed by atoms with Crippen molar-refractivity contribution in [2.45, 2.75) is 46.1 Å². The van der Waals surface area contributed by atoms with E-state index in [9.17, 15) is 9.59 Å². The lowest BCUT2D eigenvalue weighted by atomic mass is 10.0. The van der Waals surface area contributed by atoms with Crippen LogP contribution in [0.3, 0.4) is 0 Å². The molecule has 0 aromatic rings. The lowest BCUT2D eigenvalue weighted by molar-refractivity contribution is -0.146. The molecule has 0 spiro atoms. The van der Waals surface area contributed by atoms with Gasteiger partial charge in [-0.05, 0) is 32.1 Å². The lowest BCUT2D eigenvalue weighted by Crippen LogP contribution is -2.50. The highest BCUT2D eigenvalue weighted by molar-refractivity contribution is 5.89. The van der Waals surface area contributed by atoms with Crippen LogP contribution in [0.4, 0.5) is 0 Å². The Morgan fingerprint density at radius 3 is 2.40 bits per heavy atom. The summed E-state index contributed by atoms with van der Waals surface area (Å²) in [7, 11) is 0. The number of carboxylic acids is 1. The van der Waals surface area contributed by atoms with Gasteiger partial charge < -0.3 is 10.4 Å². The fraction of sp³-hybridized carbons (Fsp3) is 0.818. The molecule has 0 aromatic heterocycles. The predicted molar refractivity (Wildman–Crippen MR) is 56.4 cm³/mol. The number of hydrogen-bond acceptors (Lipinski definition) is 2. The van der Waals surface area contributed by atoms with E-state index in [1.54, 1.807) is 0 Å². The summed E-state index contributed by atoms with van der Waals surface area (Å²) < 4.78 is 0. The van der Waals surface area contributed by atoms with Crippen molar-refractivity contribution in [3.63, 3.8) is 0 Å². The minimum absolute atomic E-state index is 0.0128. The molecule has 2 atom stereocenters. The van der Waals surface area contributed by atoms with Gasteiger partial charge >= 0.3 is 5.97 Å². The predicted octanol–water partition coefficient (Wildman–Crippen LogP) is 1.40. The summed E-state index contributed by atoms with van der Waals surface area (Å²) >= 11 is 0. The highest BCUT2D eigenvalue weighted by Gasteiger charge is 2.53. The fourth-order valence-corrected chi connectivity index (χ4v) is 1.66. The number of aliphatic carboxylic acids is 1. The molecular formula is C11H19NO3. The van der Waals surface area contributed by atoms with Crippen LogP contribution in [0.5, 0.6) is 0 Å². The molecule has 86 valence electrons. The standard InChI is InChI=1S/C11H19NO3/c1-5-11(4)6-7(11)8(13)12-10(2,3)9(14)15/h7H,5-6H2,1-4H3,(H,12,13)(H,14,15). The number of rotatable bonds is 4. The summed E-state index contributed by atoms with van der Waals surface area (Å²) in [5.41, 5.74) is -1.09. The third-order valence-electron chi connectivity index (χ3n) is 3.45. The van der Waals surface area contributed by atoms with Crippen molar-refractivity contribution in [2.24, 2.45) is 11.3 Å². The van der Waals surface area contributed by atoms with Crippen molar-refractivity contribution in [1.29, 1.82) is 0 Å². The molecule has 15 heavy (non-hydrogen) atoms. The van der Waals surface area contributed by atoms with Gasteiger partial charge in [0.15, 0.2) is 0 Å². The van der Waals surface area contributed by atoms with Gasteiger partial charge in [0.2, 0.25) is 5.91 Å². The number of hydrogen-bond donors (Lipinski definition) is 2. The summed E-state index contributed by atoms with van der Waals surface area (Å²) in [4.78, 5) is 22.5. The molecule has 0 aliphatic heterocycles. The Kier molecular flexibility index (Phi) is 2.81. The molecule has 4 heteroatoms. The molecule has 1 saturated carbocycles. The molecule has 0 radical (unpaired) electrons. The van der Waals surface area contributed by atoms with Gasteiger partial charge in [-0.15, -0.1) is 0 Å². The highest BCUT2D eigenvalue weighted by atomic mass is 16.4. The third-order valence-corrected chi connectivity index (χ3v) is 3.45. The van der Waals surface area contributed by atoms with E-state index in [-0.39, 0.29) is 17.2 Å². The van der Waals surface area contributed by atoms with Gasteiger partial charge in [0.05, 0.1) is 0 Å². The van der Waals surface area contributed by atoms with Crippen LogP contribution in [0.15, 0.2) is 0 Å². The summed E-state index contributed by atoms with van der Waals surface area (Å²) in [6, 6.07) is 0. The molecule has 0 saturated heterocycles. The normalized spacial score (nSPS) is 29.7. The topological polar surface area (TPSA) is 66.4 Å². The summed E-state index contributed by atoms with van der Waals surface area (Å²) in [6.07, 6.45) is 1.82. The number of carboxylic acid groups (broad SMARTS) is 1. The highest BCUT2D eigenvalue weighted by Crippen LogP contribution is 2.54. The minimum Gasteiger partial charge on any atom is -0.480 e. The second-order valence-electron chi connectivity index (χ2n) is 5.18. The quantitative estimate of drug-likeness (QED) is 0.741. The third kappa shape index (κ3) is 2.30. The first kappa shape index (κ1) is 12.0. The van der Waals surface area contributed by atoms with Gasteiger partial charge in [0, 0.05) is 5.92 Å². The Morgan fingerprint density at radius 1 is 1.53 bits per heavy atom. The van der Waals surface area contributed by atoms with Gasteiger partial charge in [-0.3, -0.25) is 4.79 Å². The minimum atomic E-state index is -1.17. The number of nitrogens with one attached hydrogen (secondary N) is 1. The number of carbonyl (C=O) groups excluding carboxylic acids is 1. The van der Waals surface area contributed by atoms with Crippen LogP contribution >= 0.6 is 0 Å². The van der Waals surface area contributed by atoms with E-state index in [0.29, 0.717) is 0 Å². The molecule has 0 bridgehead atoms. The van der Waals surface area contributed by atoms with E-state index >= 15 is 0 Å². The van der Waals surface area contributed by atoms with Crippen molar-refractivity contribution in [3.8, 4) is 0 Å². The Morgan fingerprint density at radius 2 is 2.07 bits per heavy atom. The van der Waals surface area contributed by atoms with Crippen LogP contribution in [-0.4, -0.2) is 22.5 Å². The Labute approximate surface area is 90.0 Å². The second kappa shape index (κ2) is 3.51. The Balaban J connectivity index is 2.56. The van der Waals surface area contributed by atoms with Crippen LogP contribution in [0.2, 0.25) is 0 Å². The molecular weight excluding hydrogens is 194 g/mol. The zero-order valence-electron chi connectivity index (χ0n) is 9.76. The number of carbonyl (C=O) groups is 2. The summed E-state index contributed by atoms with van der Waals surface area (Å²) in [5.74, 6) is -1.15. The zero-order chi connectivity index (χ0) is 11.9. The molecule has 1 fully saturated rings. The second-order valence-corrected chi connectivity index (χ2v) is 5.18. The van der Waals surface area contributed by atoms with Crippen molar-refractivity contribution in [2.75, 3.05) is 0 Å².